The maximum absolute atomic E-state index is 12.1. The highest BCUT2D eigenvalue weighted by atomic mass is 35.5. The molecule has 2 heterocycles. The van der Waals surface area contributed by atoms with Crippen LogP contribution in [0.5, 0.6) is 0 Å². The second kappa shape index (κ2) is 6.83. The Hall–Kier alpha value is -2.02. The van der Waals surface area contributed by atoms with Crippen molar-refractivity contribution in [3.05, 3.63) is 31.9 Å². The molecule has 8 heteroatoms. The van der Waals surface area contributed by atoms with Crippen molar-refractivity contribution >= 4 is 28.7 Å². The van der Waals surface area contributed by atoms with Gasteiger partial charge < -0.3 is 9.88 Å². The summed E-state index contributed by atoms with van der Waals surface area (Å²) in [5, 5.41) is 3.84. The van der Waals surface area contributed by atoms with Crippen molar-refractivity contribution < 1.29 is 0 Å². The lowest BCUT2D eigenvalue weighted by molar-refractivity contribution is 0.795. The van der Waals surface area contributed by atoms with Gasteiger partial charge in [0.25, 0.3) is 5.56 Å². The summed E-state index contributed by atoms with van der Waals surface area (Å²) >= 11 is 5.89. The summed E-state index contributed by atoms with van der Waals surface area (Å²) in [5.41, 5.74) is -0.218. The molecule has 0 aliphatic rings. The molecule has 0 radical (unpaired) electrons. The van der Waals surface area contributed by atoms with Gasteiger partial charge in [-0.15, -0.1) is 0 Å². The van der Waals surface area contributed by atoms with Gasteiger partial charge in [-0.2, -0.15) is 4.98 Å². The van der Waals surface area contributed by atoms with Crippen LogP contribution in [-0.2, 0) is 13.6 Å². The third-order valence-corrected chi connectivity index (χ3v) is 3.53. The topological polar surface area (TPSA) is 84.7 Å². The Labute approximate surface area is 132 Å². The molecule has 2 rings (SSSR count). The number of halogens is 1. The third kappa shape index (κ3) is 3.24. The number of anilines is 1. The Morgan fingerprint density at radius 1 is 1.45 bits per heavy atom. The summed E-state index contributed by atoms with van der Waals surface area (Å²) in [5.74, 6) is 0.560. The lowest BCUT2D eigenvalue weighted by atomic mass is 10.3. The number of nitrogens with zero attached hydrogens (tertiary/aromatic N) is 3. The minimum absolute atomic E-state index is 0.355. The second-order valence-electron chi connectivity index (χ2n) is 5.11. The lowest BCUT2D eigenvalue weighted by Crippen LogP contribution is -2.29. The number of aryl methyl sites for hydroxylation is 1. The van der Waals surface area contributed by atoms with Gasteiger partial charge in [-0.25, -0.2) is 4.79 Å². The molecule has 0 unspecified atom stereocenters. The maximum Gasteiger partial charge on any atom is 0.329 e. The van der Waals surface area contributed by atoms with Crippen molar-refractivity contribution in [1.29, 1.82) is 0 Å². The minimum atomic E-state index is -0.480. The van der Waals surface area contributed by atoms with Crippen LogP contribution in [0.25, 0.3) is 11.2 Å². The maximum atomic E-state index is 12.1. The quantitative estimate of drug-likeness (QED) is 0.793. The summed E-state index contributed by atoms with van der Waals surface area (Å²) in [6.45, 7) is 5.01. The first-order valence-corrected chi connectivity index (χ1v) is 7.59. The fourth-order valence-corrected chi connectivity index (χ4v) is 2.21. The highest BCUT2D eigenvalue weighted by molar-refractivity contribution is 6.29. The predicted molar refractivity (Wildman–Crippen MR) is 88.6 cm³/mol. The van der Waals surface area contributed by atoms with Crippen LogP contribution in [0.3, 0.4) is 0 Å². The number of allylic oxidation sites excluding steroid dienone is 2. The van der Waals surface area contributed by atoms with Crippen LogP contribution in [0, 0.1) is 0 Å². The summed E-state index contributed by atoms with van der Waals surface area (Å²) < 4.78 is 3.06. The monoisotopic (exact) mass is 325 g/mol. The predicted octanol–water partition coefficient (Wildman–Crippen LogP) is 1.78. The first-order chi connectivity index (χ1) is 10.5. The molecule has 0 spiro atoms. The van der Waals surface area contributed by atoms with Crippen LogP contribution >= 0.6 is 11.6 Å². The van der Waals surface area contributed by atoms with Crippen molar-refractivity contribution in [2.24, 2.45) is 7.05 Å². The molecular formula is C14H20ClN5O2. The van der Waals surface area contributed by atoms with Crippen molar-refractivity contribution in [2.75, 3.05) is 11.9 Å². The van der Waals surface area contributed by atoms with Gasteiger partial charge in [0.05, 0.1) is 0 Å². The molecule has 0 aromatic carbocycles. The highest BCUT2D eigenvalue weighted by Gasteiger charge is 2.16. The molecule has 0 aliphatic carbocycles. The summed E-state index contributed by atoms with van der Waals surface area (Å²) in [6.07, 6.45) is 3.83. The van der Waals surface area contributed by atoms with Gasteiger partial charge in [0.15, 0.2) is 11.2 Å². The highest BCUT2D eigenvalue weighted by Crippen LogP contribution is 2.16. The SMILES string of the molecule is CCCCNc1nc2c(c(=O)[nH]c(=O)n2C)n1C/C=C(/C)Cl. The molecule has 2 N–H and O–H groups in total. The van der Waals surface area contributed by atoms with E-state index in [1.54, 1.807) is 24.6 Å². The Bertz CT molecular complexity index is 811. The number of rotatable bonds is 6. The van der Waals surface area contributed by atoms with Crippen LogP contribution in [0.4, 0.5) is 5.95 Å². The third-order valence-electron chi connectivity index (χ3n) is 3.38. The van der Waals surface area contributed by atoms with Crippen LogP contribution in [0.1, 0.15) is 26.7 Å². The molecule has 0 fully saturated rings. The zero-order valence-corrected chi connectivity index (χ0v) is 13.7. The van der Waals surface area contributed by atoms with Crippen LogP contribution in [0.15, 0.2) is 20.7 Å². The molecule has 0 aliphatic heterocycles. The Morgan fingerprint density at radius 2 is 2.18 bits per heavy atom. The number of aromatic amines is 1. The van der Waals surface area contributed by atoms with E-state index in [9.17, 15) is 9.59 Å². The first-order valence-electron chi connectivity index (χ1n) is 7.21. The molecule has 120 valence electrons. The number of unbranched alkanes of at least 4 members (excludes halogenated alkanes) is 1. The molecule has 2 aromatic rings. The average Bonchev–Trinajstić information content (AvgIpc) is 2.82. The molecule has 7 nitrogen and oxygen atoms in total. The molecular weight excluding hydrogens is 306 g/mol. The standard InChI is InChI=1S/C14H20ClN5O2/c1-4-5-7-16-13-17-11-10(20(13)8-6-9(2)15)12(21)18-14(22)19(11)3/h6H,4-5,7-8H2,1-3H3,(H,16,17)(H,18,21,22)/b9-6-. The summed E-state index contributed by atoms with van der Waals surface area (Å²) in [6, 6.07) is 0. The molecule has 22 heavy (non-hydrogen) atoms. The molecule has 0 amide bonds. The molecule has 0 bridgehead atoms. The van der Waals surface area contributed by atoms with Gasteiger partial charge in [0, 0.05) is 25.2 Å². The minimum Gasteiger partial charge on any atom is -0.356 e. The normalized spacial score (nSPS) is 12.1. The Kier molecular flexibility index (Phi) is 5.07. The number of hydrogen-bond acceptors (Lipinski definition) is 4. The number of hydrogen-bond donors (Lipinski definition) is 2. The number of H-pyrrole nitrogens is 1. The number of aromatic nitrogens is 4. The molecule has 2 aromatic heterocycles. The van der Waals surface area contributed by atoms with Gasteiger partial charge in [-0.05, 0) is 13.3 Å². The Morgan fingerprint density at radius 3 is 2.82 bits per heavy atom. The number of fused-ring (bicyclic) bond motifs is 1. The largest absolute Gasteiger partial charge is 0.356 e. The first kappa shape index (κ1) is 16.4. The number of nitrogens with one attached hydrogen (secondary N) is 2. The number of imidazole rings is 1. The van der Waals surface area contributed by atoms with Gasteiger partial charge in [-0.1, -0.05) is 31.0 Å². The van der Waals surface area contributed by atoms with Gasteiger partial charge in [0.1, 0.15) is 0 Å². The second-order valence-corrected chi connectivity index (χ2v) is 5.70. The van der Waals surface area contributed by atoms with Gasteiger partial charge >= 0.3 is 5.69 Å². The fourth-order valence-electron chi connectivity index (χ4n) is 2.14. The van der Waals surface area contributed by atoms with Crippen LogP contribution in [-0.4, -0.2) is 25.6 Å². The zero-order valence-electron chi connectivity index (χ0n) is 12.9. The van der Waals surface area contributed by atoms with Crippen molar-refractivity contribution in [1.82, 2.24) is 19.1 Å². The van der Waals surface area contributed by atoms with E-state index in [-0.39, 0.29) is 0 Å². The van der Waals surface area contributed by atoms with Gasteiger partial charge in [-0.3, -0.25) is 14.3 Å². The van der Waals surface area contributed by atoms with Crippen molar-refractivity contribution in [3.63, 3.8) is 0 Å². The fraction of sp³-hybridized carbons (Fsp3) is 0.500. The summed E-state index contributed by atoms with van der Waals surface area (Å²) in [7, 11) is 1.58. The molecule has 0 saturated carbocycles. The molecule has 0 atom stereocenters. The van der Waals surface area contributed by atoms with E-state index in [1.807, 2.05) is 0 Å². The van der Waals surface area contributed by atoms with E-state index in [4.69, 9.17) is 11.6 Å². The van der Waals surface area contributed by atoms with E-state index in [2.05, 4.69) is 22.2 Å². The molecule has 0 saturated heterocycles. The van der Waals surface area contributed by atoms with Crippen LogP contribution in [0.2, 0.25) is 0 Å². The smallest absolute Gasteiger partial charge is 0.329 e. The van der Waals surface area contributed by atoms with Crippen LogP contribution < -0.4 is 16.6 Å². The van der Waals surface area contributed by atoms with E-state index >= 15 is 0 Å². The van der Waals surface area contributed by atoms with Gasteiger partial charge in [0.2, 0.25) is 5.95 Å². The van der Waals surface area contributed by atoms with E-state index in [0.29, 0.717) is 28.7 Å². The van der Waals surface area contributed by atoms with Crippen molar-refractivity contribution in [3.8, 4) is 0 Å². The summed E-state index contributed by atoms with van der Waals surface area (Å²) in [4.78, 5) is 30.6. The van der Waals surface area contributed by atoms with E-state index < -0.39 is 11.2 Å². The zero-order chi connectivity index (χ0) is 16.3. The van der Waals surface area contributed by atoms with Crippen molar-refractivity contribution in [2.45, 2.75) is 33.2 Å². The average molecular weight is 326 g/mol. The lowest BCUT2D eigenvalue weighted by Gasteiger charge is -2.08. The Balaban J connectivity index is 2.61. The van der Waals surface area contributed by atoms with E-state index in [0.717, 1.165) is 19.4 Å². The van der Waals surface area contributed by atoms with E-state index in [1.165, 1.54) is 4.57 Å².